The topological polar surface area (TPSA) is 0 Å². The van der Waals surface area contributed by atoms with Crippen LogP contribution in [0.5, 0.6) is 0 Å². The lowest BCUT2D eigenvalue weighted by Crippen LogP contribution is -2.52. The Morgan fingerprint density at radius 3 is 0.683 bits per heavy atom. The molecule has 0 bridgehead atoms. The van der Waals surface area contributed by atoms with Gasteiger partial charge in [-0.15, -0.1) is 0 Å². The number of halogens is 22. The Labute approximate surface area is 212 Å². The summed E-state index contributed by atoms with van der Waals surface area (Å²) in [5.74, 6) is -30.3. The quantitative estimate of drug-likeness (QED) is 0.178. The summed E-state index contributed by atoms with van der Waals surface area (Å²) >= 11 is -2.44. The van der Waals surface area contributed by atoms with Gasteiger partial charge in [0.1, 0.15) is 0 Å². The molecule has 0 aliphatic heterocycles. The molecule has 232 valence electrons. The predicted octanol–water partition coefficient (Wildman–Crippen LogP) is 9.53. The monoisotopic (exact) mass is 666 g/mol. The lowest BCUT2D eigenvalue weighted by atomic mass is 9.92. The molecule has 23 heteroatoms. The highest BCUT2D eigenvalue weighted by Crippen LogP contribution is 2.60. The number of rotatable bonds is 4. The maximum Gasteiger partial charge on any atom is 0.436 e. The largest absolute Gasteiger partial charge is 0.436 e. The summed E-state index contributed by atoms with van der Waals surface area (Å²) in [6, 6.07) is 0. The van der Waals surface area contributed by atoms with Crippen LogP contribution in [0.15, 0.2) is 9.79 Å². The lowest BCUT2D eigenvalue weighted by Gasteiger charge is -2.33. The summed E-state index contributed by atoms with van der Waals surface area (Å²) in [5, 5.41) is 0. The van der Waals surface area contributed by atoms with E-state index in [0.717, 1.165) is 0 Å². The molecule has 2 aromatic carbocycles. The third-order valence-electron chi connectivity index (χ3n) is 4.90. The molecule has 0 aliphatic carbocycles. The Hall–Kier alpha value is -2.75. The number of alkyl halides is 14. The van der Waals surface area contributed by atoms with Crippen molar-refractivity contribution in [3.8, 4) is 0 Å². The summed E-state index contributed by atoms with van der Waals surface area (Å²) < 4.78 is 299. The van der Waals surface area contributed by atoms with Crippen molar-refractivity contribution in [3.05, 3.63) is 57.7 Å². The van der Waals surface area contributed by atoms with Gasteiger partial charge < -0.3 is 0 Å². The van der Waals surface area contributed by atoms with Gasteiger partial charge in [0.25, 0.3) is 0 Å². The fourth-order valence-corrected chi connectivity index (χ4v) is 4.25. The fourth-order valence-electron chi connectivity index (χ4n) is 3.02. The molecule has 0 aliphatic rings. The van der Waals surface area contributed by atoms with E-state index < -0.39 is 115 Å². The highest BCUT2D eigenvalue weighted by atomic mass is 32.2. The van der Waals surface area contributed by atoms with Crippen molar-refractivity contribution < 1.29 is 96.6 Å². The molecule has 0 aromatic heterocycles. The van der Waals surface area contributed by atoms with Crippen LogP contribution >= 0.6 is 11.8 Å². The minimum atomic E-state index is -7.65. The number of hydrogen-bond acceptors (Lipinski definition) is 1. The normalized spacial score (nSPS) is 14.2. The minimum Gasteiger partial charge on any atom is -0.218 e. The number of hydrogen-bond donors (Lipinski definition) is 0. The van der Waals surface area contributed by atoms with Crippen molar-refractivity contribution in [3.63, 3.8) is 0 Å². The maximum atomic E-state index is 14.6. The highest BCUT2D eigenvalue weighted by molar-refractivity contribution is 7.99. The van der Waals surface area contributed by atoms with E-state index in [0.29, 0.717) is 0 Å². The van der Waals surface area contributed by atoms with Crippen LogP contribution in [0.1, 0.15) is 11.1 Å². The van der Waals surface area contributed by atoms with E-state index in [2.05, 4.69) is 0 Å². The standard InChI is InChI=1S/C18F22S/c19-3-1(13(27,15(29,30)31)16(32,33)34)11(9(25)7(23)5(3)21)41-12-2(4(20)6(22)8(24)10(12)26)14(28,17(35,36)37)18(38,39)40. The average molecular weight is 666 g/mol. The Balaban J connectivity index is 3.32. The molecule has 0 amide bonds. The first kappa shape index (κ1) is 34.5. The minimum absolute atomic E-state index is 2.44. The van der Waals surface area contributed by atoms with E-state index in [9.17, 15) is 96.6 Å². The molecular formula is C18F22S. The molecule has 41 heavy (non-hydrogen) atoms. The molecule has 2 rings (SSSR count). The van der Waals surface area contributed by atoms with Crippen molar-refractivity contribution in [2.75, 3.05) is 0 Å². The highest BCUT2D eigenvalue weighted by Gasteiger charge is 2.77. The molecule has 0 heterocycles. The summed E-state index contributed by atoms with van der Waals surface area (Å²) in [6.07, 6.45) is -30.6. The van der Waals surface area contributed by atoms with E-state index >= 15 is 0 Å². The Kier molecular flexibility index (Phi) is 8.33. The van der Waals surface area contributed by atoms with Crippen molar-refractivity contribution in [2.45, 2.75) is 45.8 Å². The van der Waals surface area contributed by atoms with Gasteiger partial charge in [-0.3, -0.25) is 0 Å². The lowest BCUT2D eigenvalue weighted by molar-refractivity contribution is -0.351. The van der Waals surface area contributed by atoms with E-state index in [1.807, 2.05) is 0 Å². The summed E-state index contributed by atoms with van der Waals surface area (Å²) in [6.45, 7) is 0. The van der Waals surface area contributed by atoms with Crippen LogP contribution in [0.2, 0.25) is 0 Å². The maximum absolute atomic E-state index is 14.6. The third kappa shape index (κ3) is 4.89. The first-order chi connectivity index (χ1) is 18.0. The summed E-state index contributed by atoms with van der Waals surface area (Å²) in [4.78, 5) is -7.17. The van der Waals surface area contributed by atoms with Gasteiger partial charge in [-0.05, 0) is 0 Å². The first-order valence-corrected chi connectivity index (χ1v) is 9.88. The van der Waals surface area contributed by atoms with Gasteiger partial charge in [0, 0.05) is 0 Å². The Morgan fingerprint density at radius 1 is 0.293 bits per heavy atom. The third-order valence-corrected chi connectivity index (χ3v) is 6.08. The van der Waals surface area contributed by atoms with E-state index in [-0.39, 0.29) is 0 Å². The zero-order valence-corrected chi connectivity index (χ0v) is 18.5. The van der Waals surface area contributed by atoms with Gasteiger partial charge in [0.05, 0.1) is 20.9 Å². The zero-order chi connectivity index (χ0) is 32.6. The molecular weight excluding hydrogens is 666 g/mol. The SMILES string of the molecule is Fc1c(F)c(F)c(C(F)(C(F)(F)F)C(F)(F)F)c(Sc2c(F)c(F)c(F)c(F)c2C(F)(C(F)(F)F)C(F)(F)F)c1F. The van der Waals surface area contributed by atoms with Gasteiger partial charge >= 0.3 is 36.0 Å². The van der Waals surface area contributed by atoms with Crippen LogP contribution in [-0.2, 0) is 11.3 Å². The second-order valence-electron chi connectivity index (χ2n) is 7.33. The molecule has 0 radical (unpaired) electrons. The van der Waals surface area contributed by atoms with Crippen molar-refractivity contribution in [1.29, 1.82) is 0 Å². The van der Waals surface area contributed by atoms with Gasteiger partial charge in [-0.25, -0.2) is 43.9 Å². The zero-order valence-electron chi connectivity index (χ0n) is 17.7. The second kappa shape index (κ2) is 9.92. The fraction of sp³-hybridized carbons (Fsp3) is 0.333. The van der Waals surface area contributed by atoms with Crippen LogP contribution in [0.3, 0.4) is 0 Å². The van der Waals surface area contributed by atoms with E-state index in [1.165, 1.54) is 0 Å². The average Bonchev–Trinajstić information content (AvgIpc) is 2.79. The summed E-state index contributed by atoms with van der Waals surface area (Å²) in [7, 11) is 0. The van der Waals surface area contributed by atoms with Crippen LogP contribution < -0.4 is 0 Å². The van der Waals surface area contributed by atoms with Crippen molar-refractivity contribution in [2.24, 2.45) is 0 Å². The van der Waals surface area contributed by atoms with Gasteiger partial charge in [-0.1, -0.05) is 11.8 Å². The van der Waals surface area contributed by atoms with E-state index in [1.54, 1.807) is 0 Å². The van der Waals surface area contributed by atoms with Crippen molar-refractivity contribution in [1.82, 2.24) is 0 Å². The van der Waals surface area contributed by atoms with Gasteiger partial charge in [0.15, 0.2) is 46.5 Å². The molecule has 0 unspecified atom stereocenters. The number of benzene rings is 2. The Morgan fingerprint density at radius 2 is 0.488 bits per heavy atom. The van der Waals surface area contributed by atoms with Crippen LogP contribution in [0.25, 0.3) is 0 Å². The van der Waals surface area contributed by atoms with Crippen LogP contribution in [0.4, 0.5) is 96.6 Å². The molecule has 0 atom stereocenters. The van der Waals surface area contributed by atoms with E-state index in [4.69, 9.17) is 0 Å². The molecule has 0 fully saturated rings. The van der Waals surface area contributed by atoms with Crippen LogP contribution in [-0.4, -0.2) is 24.7 Å². The molecule has 0 saturated carbocycles. The summed E-state index contributed by atoms with van der Waals surface area (Å²) in [5.41, 5.74) is -23.4. The van der Waals surface area contributed by atoms with Gasteiger partial charge in [-0.2, -0.15) is 52.7 Å². The van der Waals surface area contributed by atoms with Gasteiger partial charge in [0.2, 0.25) is 0 Å². The molecule has 0 spiro atoms. The molecule has 2 aromatic rings. The second-order valence-corrected chi connectivity index (χ2v) is 8.35. The smallest absolute Gasteiger partial charge is 0.218 e. The first-order valence-electron chi connectivity index (χ1n) is 9.07. The molecule has 0 nitrogen and oxygen atoms in total. The molecule has 0 N–H and O–H groups in total. The molecule has 0 saturated heterocycles. The predicted molar refractivity (Wildman–Crippen MR) is 86.5 cm³/mol. The van der Waals surface area contributed by atoms with Crippen molar-refractivity contribution >= 4 is 11.8 Å². The van der Waals surface area contributed by atoms with Crippen LogP contribution in [0, 0.1) is 46.5 Å². The Bertz CT molecular complexity index is 1230.